The monoisotopic (exact) mass is 229 g/mol. The van der Waals surface area contributed by atoms with Gasteiger partial charge in [-0.3, -0.25) is 10.3 Å². The zero-order valence-electron chi connectivity index (χ0n) is 10.1. The molecule has 0 aliphatic heterocycles. The summed E-state index contributed by atoms with van der Waals surface area (Å²) in [7, 11) is 0. The lowest BCUT2D eigenvalue weighted by Gasteiger charge is -2.19. The second kappa shape index (κ2) is 6.36. The Kier molecular flexibility index (Phi) is 4.52. The van der Waals surface area contributed by atoms with Gasteiger partial charge in [-0.15, -0.1) is 0 Å². The number of nitrogens with one attached hydrogen (secondary N) is 1. The Morgan fingerprint density at radius 2 is 2.00 bits per heavy atom. The van der Waals surface area contributed by atoms with Crippen LogP contribution >= 0.6 is 0 Å². The molecule has 0 amide bonds. The Morgan fingerprint density at radius 3 is 2.59 bits per heavy atom. The first-order chi connectivity index (χ1) is 8.40. The Hall–Kier alpha value is -1.40. The molecule has 17 heavy (non-hydrogen) atoms. The molecule has 1 aromatic rings. The highest BCUT2D eigenvalue weighted by Gasteiger charge is 2.18. The predicted molar refractivity (Wildman–Crippen MR) is 67.2 cm³/mol. The van der Waals surface area contributed by atoms with Crippen molar-refractivity contribution in [1.29, 1.82) is 5.26 Å². The molecule has 1 aromatic heterocycles. The molecule has 1 aliphatic carbocycles. The van der Waals surface area contributed by atoms with Crippen LogP contribution in [0.1, 0.15) is 50.3 Å². The van der Waals surface area contributed by atoms with Gasteiger partial charge in [0.2, 0.25) is 0 Å². The van der Waals surface area contributed by atoms with Crippen LogP contribution in [0.3, 0.4) is 0 Å². The van der Waals surface area contributed by atoms with Crippen LogP contribution in [0.4, 0.5) is 0 Å². The highest BCUT2D eigenvalue weighted by molar-refractivity contribution is 5.15. The molecule has 1 atom stereocenters. The summed E-state index contributed by atoms with van der Waals surface area (Å²) in [6.07, 6.45) is 9.33. The number of hydrogen-bond donors (Lipinski definition) is 1. The molecule has 3 nitrogen and oxygen atoms in total. The highest BCUT2D eigenvalue weighted by atomic mass is 15.0. The van der Waals surface area contributed by atoms with Crippen LogP contribution < -0.4 is 5.32 Å². The van der Waals surface area contributed by atoms with E-state index in [9.17, 15) is 5.26 Å². The minimum Gasteiger partial charge on any atom is -0.294 e. The van der Waals surface area contributed by atoms with Crippen LogP contribution in [0, 0.1) is 11.3 Å². The van der Waals surface area contributed by atoms with Crippen molar-refractivity contribution in [2.75, 3.05) is 0 Å². The van der Waals surface area contributed by atoms with Crippen LogP contribution in [0.15, 0.2) is 24.4 Å². The van der Waals surface area contributed by atoms with Crippen LogP contribution in [0.25, 0.3) is 0 Å². The van der Waals surface area contributed by atoms with Crippen LogP contribution in [0.5, 0.6) is 0 Å². The normalized spacial score (nSPS) is 19.2. The Balaban J connectivity index is 1.98. The van der Waals surface area contributed by atoms with Gasteiger partial charge in [0.05, 0.1) is 11.8 Å². The molecule has 1 N–H and O–H groups in total. The van der Waals surface area contributed by atoms with E-state index in [1.54, 1.807) is 6.20 Å². The zero-order chi connectivity index (χ0) is 11.9. The summed E-state index contributed by atoms with van der Waals surface area (Å²) >= 11 is 0. The third-order valence-electron chi connectivity index (χ3n) is 3.37. The van der Waals surface area contributed by atoms with Crippen molar-refractivity contribution < 1.29 is 0 Å². The molecule has 90 valence electrons. The third kappa shape index (κ3) is 3.54. The van der Waals surface area contributed by atoms with Crippen LogP contribution in [-0.2, 0) is 0 Å². The van der Waals surface area contributed by atoms with E-state index >= 15 is 0 Å². The summed E-state index contributed by atoms with van der Waals surface area (Å²) in [4.78, 5) is 4.25. The van der Waals surface area contributed by atoms with Gasteiger partial charge in [0.25, 0.3) is 0 Å². The Morgan fingerprint density at radius 1 is 1.24 bits per heavy atom. The standard InChI is InChI=1S/C14H19N3/c15-11-14(13-9-5-6-10-16-13)17-12-7-3-1-2-4-8-12/h5-6,9-10,12,14,17H,1-4,7-8H2. The van der Waals surface area contributed by atoms with Gasteiger partial charge >= 0.3 is 0 Å². The molecule has 0 aromatic carbocycles. The summed E-state index contributed by atoms with van der Waals surface area (Å²) in [5.74, 6) is 0. The second-order valence-electron chi connectivity index (χ2n) is 4.67. The smallest absolute Gasteiger partial charge is 0.138 e. The molecular weight excluding hydrogens is 210 g/mol. The third-order valence-corrected chi connectivity index (χ3v) is 3.37. The van der Waals surface area contributed by atoms with Crippen molar-refractivity contribution in [2.45, 2.75) is 50.6 Å². The van der Waals surface area contributed by atoms with E-state index in [2.05, 4.69) is 16.4 Å². The molecule has 2 rings (SSSR count). The zero-order valence-corrected chi connectivity index (χ0v) is 10.1. The van der Waals surface area contributed by atoms with Gasteiger partial charge < -0.3 is 0 Å². The number of nitriles is 1. The molecule has 1 fully saturated rings. The molecule has 0 spiro atoms. The molecule has 0 bridgehead atoms. The van der Waals surface area contributed by atoms with Gasteiger partial charge in [-0.2, -0.15) is 5.26 Å². The number of rotatable bonds is 3. The molecular formula is C14H19N3. The van der Waals surface area contributed by atoms with Gasteiger partial charge in [-0.1, -0.05) is 31.7 Å². The first-order valence-corrected chi connectivity index (χ1v) is 6.47. The van der Waals surface area contributed by atoms with E-state index in [0.717, 1.165) is 5.69 Å². The minimum absolute atomic E-state index is 0.265. The summed E-state index contributed by atoms with van der Waals surface area (Å²) in [5.41, 5.74) is 0.833. The van der Waals surface area contributed by atoms with Crippen molar-refractivity contribution in [3.63, 3.8) is 0 Å². The summed E-state index contributed by atoms with van der Waals surface area (Å²) in [5, 5.41) is 12.7. The molecule has 0 saturated heterocycles. The van der Waals surface area contributed by atoms with E-state index in [4.69, 9.17) is 0 Å². The Bertz CT molecular complexity index is 361. The fourth-order valence-electron chi connectivity index (χ4n) is 2.42. The number of hydrogen-bond acceptors (Lipinski definition) is 3. The van der Waals surface area contributed by atoms with Crippen molar-refractivity contribution in [3.8, 4) is 6.07 Å². The number of aromatic nitrogens is 1. The summed E-state index contributed by atoms with van der Waals surface area (Å²) < 4.78 is 0. The molecule has 1 heterocycles. The van der Waals surface area contributed by atoms with Crippen molar-refractivity contribution in [3.05, 3.63) is 30.1 Å². The fraction of sp³-hybridized carbons (Fsp3) is 0.571. The van der Waals surface area contributed by atoms with Gasteiger partial charge in [-0.25, -0.2) is 0 Å². The van der Waals surface area contributed by atoms with Crippen LogP contribution in [0.2, 0.25) is 0 Å². The SMILES string of the molecule is N#CC(NC1CCCCCC1)c1ccccn1. The number of pyridine rings is 1. The highest BCUT2D eigenvalue weighted by Crippen LogP contribution is 2.20. The number of nitrogens with zero attached hydrogens (tertiary/aromatic N) is 2. The second-order valence-corrected chi connectivity index (χ2v) is 4.67. The van der Waals surface area contributed by atoms with Crippen molar-refractivity contribution >= 4 is 0 Å². The van der Waals surface area contributed by atoms with E-state index in [0.29, 0.717) is 6.04 Å². The first-order valence-electron chi connectivity index (χ1n) is 6.47. The molecule has 3 heteroatoms. The van der Waals surface area contributed by atoms with Gasteiger partial charge in [0.1, 0.15) is 6.04 Å². The maximum atomic E-state index is 9.23. The summed E-state index contributed by atoms with van der Waals surface area (Å²) in [6.45, 7) is 0. The Labute approximate surface area is 103 Å². The van der Waals surface area contributed by atoms with Crippen LogP contribution in [-0.4, -0.2) is 11.0 Å². The predicted octanol–water partition coefficient (Wildman–Crippen LogP) is 2.96. The molecule has 1 saturated carbocycles. The van der Waals surface area contributed by atoms with E-state index in [1.807, 2.05) is 18.2 Å². The lowest BCUT2D eigenvalue weighted by molar-refractivity contribution is 0.433. The lowest BCUT2D eigenvalue weighted by atomic mass is 10.1. The lowest BCUT2D eigenvalue weighted by Crippen LogP contribution is -2.32. The first kappa shape index (κ1) is 12.1. The average molecular weight is 229 g/mol. The average Bonchev–Trinajstić information content (AvgIpc) is 2.65. The van der Waals surface area contributed by atoms with Gasteiger partial charge in [0, 0.05) is 12.2 Å². The van der Waals surface area contributed by atoms with E-state index in [-0.39, 0.29) is 6.04 Å². The van der Waals surface area contributed by atoms with E-state index < -0.39 is 0 Å². The minimum atomic E-state index is -0.265. The maximum Gasteiger partial charge on any atom is 0.138 e. The van der Waals surface area contributed by atoms with Gasteiger partial charge in [0.15, 0.2) is 0 Å². The fourth-order valence-corrected chi connectivity index (χ4v) is 2.42. The summed E-state index contributed by atoms with van der Waals surface area (Å²) in [6, 6.07) is 8.25. The molecule has 1 aliphatic rings. The molecule has 1 unspecified atom stereocenters. The van der Waals surface area contributed by atoms with Crippen molar-refractivity contribution in [1.82, 2.24) is 10.3 Å². The molecule has 0 radical (unpaired) electrons. The van der Waals surface area contributed by atoms with E-state index in [1.165, 1.54) is 38.5 Å². The largest absolute Gasteiger partial charge is 0.294 e. The quantitative estimate of drug-likeness (QED) is 0.811. The topological polar surface area (TPSA) is 48.7 Å². The maximum absolute atomic E-state index is 9.23. The van der Waals surface area contributed by atoms with Crippen molar-refractivity contribution in [2.24, 2.45) is 0 Å². The van der Waals surface area contributed by atoms with Gasteiger partial charge in [-0.05, 0) is 25.0 Å².